The lowest BCUT2D eigenvalue weighted by atomic mass is 10.1. The molecule has 0 aromatic carbocycles. The molecule has 2 aromatic heterocycles. The summed E-state index contributed by atoms with van der Waals surface area (Å²) in [4.78, 5) is 11.7. The van der Waals surface area contributed by atoms with Crippen molar-refractivity contribution in [3.63, 3.8) is 0 Å². The molecule has 2 N–H and O–H groups in total. The van der Waals surface area contributed by atoms with E-state index in [-0.39, 0.29) is 5.15 Å². The molecule has 0 saturated carbocycles. The van der Waals surface area contributed by atoms with Gasteiger partial charge in [-0.25, -0.2) is 19.3 Å². The van der Waals surface area contributed by atoms with Crippen LogP contribution in [0.1, 0.15) is 6.23 Å². The molecule has 0 radical (unpaired) electrons. The van der Waals surface area contributed by atoms with E-state index in [4.69, 9.17) is 21.4 Å². The lowest BCUT2D eigenvalue weighted by Gasteiger charge is -2.14. The summed E-state index contributed by atoms with van der Waals surface area (Å²) in [5, 5.41) is 18.8. The first-order chi connectivity index (χ1) is 9.13. The van der Waals surface area contributed by atoms with Gasteiger partial charge in [-0.05, 0) is 0 Å². The summed E-state index contributed by atoms with van der Waals surface area (Å²) in [6.07, 6.45) is -2.63. The maximum absolute atomic E-state index is 14.0. The summed E-state index contributed by atoms with van der Waals surface area (Å²) in [5.41, 5.74) is 0.625. The van der Waals surface area contributed by atoms with Crippen LogP contribution in [0, 0.1) is 0 Å². The molecular weight excluding hydrogens is 279 g/mol. The Morgan fingerprint density at radius 1 is 1.42 bits per heavy atom. The van der Waals surface area contributed by atoms with E-state index >= 15 is 0 Å². The fraction of sp³-hybridized carbons (Fsp3) is 0.500. The van der Waals surface area contributed by atoms with E-state index in [2.05, 4.69) is 15.0 Å². The van der Waals surface area contributed by atoms with Gasteiger partial charge < -0.3 is 14.9 Å². The van der Waals surface area contributed by atoms with Crippen LogP contribution in [0.5, 0.6) is 0 Å². The SMILES string of the molecule is OC[C@H]1O[C@H](n2cnc3c(Cl)ncnc32)[C@@H](F)[C@@H]1O. The smallest absolute Gasteiger partial charge is 0.173 e. The predicted octanol–water partition coefficient (Wildman–Crippen LogP) is 0.0684. The lowest BCUT2D eigenvalue weighted by Crippen LogP contribution is -2.30. The first kappa shape index (κ1) is 12.7. The average molecular weight is 289 g/mol. The van der Waals surface area contributed by atoms with Gasteiger partial charge >= 0.3 is 0 Å². The minimum absolute atomic E-state index is 0.149. The molecule has 0 spiro atoms. The highest BCUT2D eigenvalue weighted by Gasteiger charge is 2.45. The molecule has 1 aliphatic rings. The van der Waals surface area contributed by atoms with Crippen LogP contribution in [0.3, 0.4) is 0 Å². The number of fused-ring (bicyclic) bond motifs is 1. The fourth-order valence-electron chi connectivity index (χ4n) is 2.09. The lowest BCUT2D eigenvalue weighted by molar-refractivity contribution is -0.0459. The zero-order valence-corrected chi connectivity index (χ0v) is 10.3. The van der Waals surface area contributed by atoms with Gasteiger partial charge in [0.15, 0.2) is 23.2 Å². The monoisotopic (exact) mass is 288 g/mol. The molecule has 0 bridgehead atoms. The quantitative estimate of drug-likeness (QED) is 0.760. The Balaban J connectivity index is 2.04. The van der Waals surface area contributed by atoms with Gasteiger partial charge in [0.25, 0.3) is 0 Å². The second-order valence-electron chi connectivity index (χ2n) is 4.17. The van der Waals surface area contributed by atoms with Crippen LogP contribution in [0.4, 0.5) is 4.39 Å². The number of nitrogens with zero attached hydrogens (tertiary/aromatic N) is 4. The van der Waals surface area contributed by atoms with Crippen LogP contribution in [-0.2, 0) is 4.74 Å². The molecule has 0 aliphatic carbocycles. The molecule has 9 heteroatoms. The summed E-state index contributed by atoms with van der Waals surface area (Å²) in [6.45, 7) is -0.472. The number of aliphatic hydroxyl groups is 2. The van der Waals surface area contributed by atoms with Crippen molar-refractivity contribution in [3.05, 3.63) is 17.8 Å². The molecule has 19 heavy (non-hydrogen) atoms. The Morgan fingerprint density at radius 2 is 2.21 bits per heavy atom. The molecule has 3 heterocycles. The maximum atomic E-state index is 14.0. The molecule has 102 valence electrons. The Morgan fingerprint density at radius 3 is 2.89 bits per heavy atom. The Kier molecular flexibility index (Phi) is 3.09. The average Bonchev–Trinajstić information content (AvgIpc) is 2.94. The highest BCUT2D eigenvalue weighted by Crippen LogP contribution is 2.33. The third kappa shape index (κ3) is 1.88. The standard InChI is InChI=1S/C10H10ClFN4O3/c11-8-6-9(14-2-13-8)16(3-15-6)10-5(12)7(18)4(1-17)19-10/h2-5,7,10,17-18H,1H2/t4-,5+,7-,10+/m1/s1. The Labute approximate surface area is 111 Å². The number of hydrogen-bond acceptors (Lipinski definition) is 6. The minimum Gasteiger partial charge on any atom is -0.394 e. The zero-order chi connectivity index (χ0) is 13.6. The molecule has 7 nitrogen and oxygen atoms in total. The van der Waals surface area contributed by atoms with Gasteiger partial charge in [-0.15, -0.1) is 0 Å². The second-order valence-corrected chi connectivity index (χ2v) is 4.53. The van der Waals surface area contributed by atoms with E-state index in [1.165, 1.54) is 17.2 Å². The summed E-state index contributed by atoms with van der Waals surface area (Å²) in [6, 6.07) is 0. The second kappa shape index (κ2) is 4.64. The number of aliphatic hydroxyl groups excluding tert-OH is 2. The Hall–Kier alpha value is -1.35. The summed E-state index contributed by atoms with van der Waals surface area (Å²) in [5.74, 6) is 0. The normalized spacial score (nSPS) is 31.2. The molecule has 1 saturated heterocycles. The third-order valence-electron chi connectivity index (χ3n) is 3.06. The number of aromatic nitrogens is 4. The van der Waals surface area contributed by atoms with Gasteiger partial charge in [0.05, 0.1) is 12.9 Å². The molecule has 3 rings (SSSR count). The van der Waals surface area contributed by atoms with Gasteiger partial charge in [-0.2, -0.15) is 0 Å². The van der Waals surface area contributed by atoms with Crippen molar-refractivity contribution >= 4 is 22.8 Å². The summed E-state index contributed by atoms with van der Waals surface area (Å²) < 4.78 is 20.6. The van der Waals surface area contributed by atoms with E-state index in [1.807, 2.05) is 0 Å². The van der Waals surface area contributed by atoms with Gasteiger partial charge in [0.1, 0.15) is 24.1 Å². The number of hydrogen-bond donors (Lipinski definition) is 2. The van der Waals surface area contributed by atoms with Crippen molar-refractivity contribution in [3.8, 4) is 0 Å². The van der Waals surface area contributed by atoms with Crippen molar-refractivity contribution in [1.82, 2.24) is 19.5 Å². The molecule has 0 amide bonds. The first-order valence-electron chi connectivity index (χ1n) is 5.55. The molecular formula is C10H10ClFN4O3. The van der Waals surface area contributed by atoms with Crippen LogP contribution < -0.4 is 0 Å². The topological polar surface area (TPSA) is 93.3 Å². The molecule has 2 aromatic rings. The van der Waals surface area contributed by atoms with Crippen molar-refractivity contribution in [1.29, 1.82) is 0 Å². The summed E-state index contributed by atoms with van der Waals surface area (Å²) in [7, 11) is 0. The molecule has 1 aliphatic heterocycles. The van der Waals surface area contributed by atoms with Gasteiger partial charge in [0, 0.05) is 0 Å². The van der Waals surface area contributed by atoms with Crippen molar-refractivity contribution < 1.29 is 19.3 Å². The number of rotatable bonds is 2. The number of imidazole rings is 1. The van der Waals surface area contributed by atoms with E-state index < -0.39 is 31.2 Å². The fourth-order valence-corrected chi connectivity index (χ4v) is 2.26. The van der Waals surface area contributed by atoms with Gasteiger partial charge in [-0.1, -0.05) is 11.6 Å². The van der Waals surface area contributed by atoms with Crippen LogP contribution >= 0.6 is 11.6 Å². The molecule has 4 atom stereocenters. The van der Waals surface area contributed by atoms with Gasteiger partial charge in [0.2, 0.25) is 0 Å². The predicted molar refractivity (Wildman–Crippen MR) is 62.2 cm³/mol. The van der Waals surface area contributed by atoms with E-state index in [1.54, 1.807) is 0 Å². The number of alkyl halides is 1. The third-order valence-corrected chi connectivity index (χ3v) is 3.34. The van der Waals surface area contributed by atoms with Crippen molar-refractivity contribution in [2.24, 2.45) is 0 Å². The van der Waals surface area contributed by atoms with Crippen LogP contribution in [0.2, 0.25) is 5.15 Å². The number of halogens is 2. The maximum Gasteiger partial charge on any atom is 0.173 e. The van der Waals surface area contributed by atoms with Crippen molar-refractivity contribution in [2.75, 3.05) is 6.61 Å². The van der Waals surface area contributed by atoms with E-state index in [0.717, 1.165) is 0 Å². The number of ether oxygens (including phenoxy) is 1. The van der Waals surface area contributed by atoms with E-state index in [0.29, 0.717) is 11.2 Å². The zero-order valence-electron chi connectivity index (χ0n) is 9.52. The molecule has 1 fully saturated rings. The van der Waals surface area contributed by atoms with Crippen molar-refractivity contribution in [2.45, 2.75) is 24.6 Å². The summed E-state index contributed by atoms with van der Waals surface area (Å²) >= 11 is 5.85. The van der Waals surface area contributed by atoms with Gasteiger partial charge in [-0.3, -0.25) is 4.57 Å². The van der Waals surface area contributed by atoms with E-state index in [9.17, 15) is 9.50 Å². The highest BCUT2D eigenvalue weighted by molar-refractivity contribution is 6.33. The van der Waals surface area contributed by atoms with Crippen LogP contribution in [-0.4, -0.2) is 54.7 Å². The Bertz CT molecular complexity index is 609. The van der Waals surface area contributed by atoms with Crippen LogP contribution in [0.15, 0.2) is 12.7 Å². The largest absolute Gasteiger partial charge is 0.394 e. The molecule has 0 unspecified atom stereocenters. The van der Waals surface area contributed by atoms with Crippen LogP contribution in [0.25, 0.3) is 11.2 Å². The minimum atomic E-state index is -1.69. The first-order valence-corrected chi connectivity index (χ1v) is 5.92. The highest BCUT2D eigenvalue weighted by atomic mass is 35.5.